The Morgan fingerprint density at radius 1 is 0.833 bits per heavy atom. The highest BCUT2D eigenvalue weighted by Gasteiger charge is 2.26. The number of hydrogen-bond acceptors (Lipinski definition) is 5. The van der Waals surface area contributed by atoms with Gasteiger partial charge in [0.25, 0.3) is 11.8 Å². The lowest BCUT2D eigenvalue weighted by Crippen LogP contribution is -2.50. The van der Waals surface area contributed by atoms with E-state index in [0.717, 1.165) is 0 Å². The number of carbonyl (C=O) groups is 3. The Kier molecular flexibility index (Phi) is 5.80. The van der Waals surface area contributed by atoms with Crippen LogP contribution in [0.15, 0.2) is 65.5 Å². The van der Waals surface area contributed by atoms with E-state index < -0.39 is 0 Å². The van der Waals surface area contributed by atoms with Gasteiger partial charge in [0.15, 0.2) is 0 Å². The normalized spacial score (nSPS) is 13.7. The lowest BCUT2D eigenvalue weighted by molar-refractivity contribution is 0.0537. The molecule has 30 heavy (non-hydrogen) atoms. The number of carbonyl (C=O) groups excluding carboxylic acids is 3. The number of thiophene rings is 1. The van der Waals surface area contributed by atoms with Gasteiger partial charge >= 0.3 is 6.03 Å². The number of nitrogens with zero attached hydrogens (tertiary/aromatic N) is 2. The summed E-state index contributed by atoms with van der Waals surface area (Å²) in [7, 11) is 0. The van der Waals surface area contributed by atoms with E-state index in [2.05, 4.69) is 10.6 Å². The predicted octanol–water partition coefficient (Wildman–Crippen LogP) is 3.58. The molecule has 4 rings (SSSR count). The van der Waals surface area contributed by atoms with Crippen LogP contribution in [0.25, 0.3) is 0 Å². The fraction of sp³-hybridized carbons (Fsp3) is 0.190. The number of para-hydroxylation sites is 1. The van der Waals surface area contributed by atoms with Crippen molar-refractivity contribution in [3.05, 3.63) is 71.5 Å². The van der Waals surface area contributed by atoms with Gasteiger partial charge in [-0.2, -0.15) is 0 Å². The van der Waals surface area contributed by atoms with E-state index in [1.807, 2.05) is 18.2 Å². The smallest absolute Gasteiger partial charge is 0.324 e. The van der Waals surface area contributed by atoms with Gasteiger partial charge in [-0.25, -0.2) is 4.79 Å². The lowest BCUT2D eigenvalue weighted by atomic mass is 10.2. The average molecular weight is 424 g/mol. The van der Waals surface area contributed by atoms with Crippen molar-refractivity contribution in [3.8, 4) is 0 Å². The van der Waals surface area contributed by atoms with Gasteiger partial charge in [0.1, 0.15) is 6.26 Å². The molecule has 1 aromatic carbocycles. The number of nitrogens with one attached hydrogen (secondary N) is 2. The molecule has 0 bridgehead atoms. The summed E-state index contributed by atoms with van der Waals surface area (Å²) in [6, 6.07) is 13.8. The van der Waals surface area contributed by atoms with E-state index in [1.165, 1.54) is 23.9 Å². The van der Waals surface area contributed by atoms with Crippen LogP contribution in [0.1, 0.15) is 20.0 Å². The third-order valence-corrected chi connectivity index (χ3v) is 5.70. The van der Waals surface area contributed by atoms with E-state index >= 15 is 0 Å². The molecule has 8 nitrogen and oxygen atoms in total. The zero-order chi connectivity index (χ0) is 20.9. The van der Waals surface area contributed by atoms with Crippen molar-refractivity contribution < 1.29 is 18.8 Å². The number of rotatable bonds is 4. The van der Waals surface area contributed by atoms with E-state index in [-0.39, 0.29) is 17.8 Å². The Labute approximate surface area is 177 Å². The van der Waals surface area contributed by atoms with Crippen molar-refractivity contribution in [1.29, 1.82) is 0 Å². The van der Waals surface area contributed by atoms with Crippen LogP contribution >= 0.6 is 11.3 Å². The molecule has 0 atom stereocenters. The van der Waals surface area contributed by atoms with Gasteiger partial charge in [-0.05, 0) is 30.3 Å². The lowest BCUT2D eigenvalue weighted by Gasteiger charge is -2.34. The second-order valence-corrected chi connectivity index (χ2v) is 7.79. The number of urea groups is 1. The molecule has 0 aliphatic carbocycles. The maximum Gasteiger partial charge on any atom is 0.324 e. The van der Waals surface area contributed by atoms with E-state index in [4.69, 9.17) is 4.42 Å². The van der Waals surface area contributed by atoms with E-state index in [9.17, 15) is 14.4 Å². The van der Waals surface area contributed by atoms with Crippen LogP contribution in [0.2, 0.25) is 0 Å². The average Bonchev–Trinajstić information content (AvgIpc) is 3.46. The topological polar surface area (TPSA) is 94.9 Å². The quantitative estimate of drug-likeness (QED) is 0.669. The first-order chi connectivity index (χ1) is 14.6. The second kappa shape index (κ2) is 8.83. The van der Waals surface area contributed by atoms with E-state index in [1.54, 1.807) is 40.1 Å². The molecule has 0 unspecified atom stereocenters. The highest BCUT2D eigenvalue weighted by atomic mass is 32.1. The minimum atomic E-state index is -0.367. The monoisotopic (exact) mass is 424 g/mol. The van der Waals surface area contributed by atoms with Gasteiger partial charge in [-0.15, -0.1) is 11.3 Å². The van der Waals surface area contributed by atoms with Gasteiger partial charge in [0.05, 0.1) is 21.7 Å². The Balaban J connectivity index is 1.30. The number of furan rings is 1. The fourth-order valence-electron chi connectivity index (χ4n) is 3.15. The first kappa shape index (κ1) is 19.7. The molecule has 1 saturated heterocycles. The zero-order valence-electron chi connectivity index (χ0n) is 16.0. The van der Waals surface area contributed by atoms with E-state index in [0.29, 0.717) is 47.3 Å². The molecule has 2 aromatic heterocycles. The number of amides is 4. The Hall–Kier alpha value is -3.59. The molecule has 3 aromatic rings. The van der Waals surface area contributed by atoms with Crippen LogP contribution in [-0.2, 0) is 0 Å². The Morgan fingerprint density at radius 3 is 2.20 bits per heavy atom. The van der Waals surface area contributed by atoms with Gasteiger partial charge in [0.2, 0.25) is 0 Å². The molecule has 0 saturated carbocycles. The molecular formula is C21H20N4O4S. The first-order valence-corrected chi connectivity index (χ1v) is 10.3. The van der Waals surface area contributed by atoms with Crippen molar-refractivity contribution in [2.45, 2.75) is 0 Å². The maximum atomic E-state index is 12.8. The molecule has 3 heterocycles. The van der Waals surface area contributed by atoms with Crippen molar-refractivity contribution in [2.24, 2.45) is 0 Å². The van der Waals surface area contributed by atoms with Crippen molar-refractivity contribution in [2.75, 3.05) is 36.8 Å². The molecular weight excluding hydrogens is 404 g/mol. The first-order valence-electron chi connectivity index (χ1n) is 9.44. The fourth-order valence-corrected chi connectivity index (χ4v) is 4.02. The van der Waals surface area contributed by atoms with Crippen LogP contribution in [0.4, 0.5) is 15.5 Å². The van der Waals surface area contributed by atoms with Gasteiger partial charge in [-0.1, -0.05) is 18.2 Å². The standard InChI is InChI=1S/C21H20N4O4S/c26-19(15-8-13-29-14-15)24-9-11-25(12-10-24)20(27)17-6-7-18(30-17)23-21(28)22-16-4-2-1-3-5-16/h1-8,13-14H,9-12H2,(H2,22,23,28). The highest BCUT2D eigenvalue weighted by Crippen LogP contribution is 2.24. The minimum Gasteiger partial charge on any atom is -0.472 e. The molecule has 1 aliphatic rings. The summed E-state index contributed by atoms with van der Waals surface area (Å²) in [6.45, 7) is 1.84. The Bertz CT molecular complexity index is 1020. The van der Waals surface area contributed by atoms with Crippen LogP contribution in [0, 0.1) is 0 Å². The molecule has 2 N–H and O–H groups in total. The molecule has 0 radical (unpaired) electrons. The molecule has 9 heteroatoms. The molecule has 154 valence electrons. The highest BCUT2D eigenvalue weighted by molar-refractivity contribution is 7.18. The summed E-state index contributed by atoms with van der Waals surface area (Å²) in [5.74, 6) is -0.199. The summed E-state index contributed by atoms with van der Waals surface area (Å²) < 4.78 is 4.96. The third kappa shape index (κ3) is 4.52. The SMILES string of the molecule is O=C(Nc1ccccc1)Nc1ccc(C(=O)N2CCN(C(=O)c3ccoc3)CC2)s1. The Morgan fingerprint density at radius 2 is 1.53 bits per heavy atom. The number of hydrogen-bond donors (Lipinski definition) is 2. The molecule has 1 aliphatic heterocycles. The van der Waals surface area contributed by atoms with Gasteiger partial charge in [-0.3, -0.25) is 14.9 Å². The third-order valence-electron chi connectivity index (χ3n) is 4.71. The number of benzene rings is 1. The molecule has 4 amide bonds. The van der Waals surface area contributed by atoms with Crippen molar-refractivity contribution >= 4 is 39.9 Å². The minimum absolute atomic E-state index is 0.0945. The van der Waals surface area contributed by atoms with Crippen molar-refractivity contribution in [3.63, 3.8) is 0 Å². The summed E-state index contributed by atoms with van der Waals surface area (Å²) in [4.78, 5) is 41.2. The van der Waals surface area contributed by atoms with Crippen LogP contribution in [-0.4, -0.2) is 53.8 Å². The number of anilines is 2. The van der Waals surface area contributed by atoms with Gasteiger partial charge < -0.3 is 19.5 Å². The van der Waals surface area contributed by atoms with Crippen LogP contribution in [0.5, 0.6) is 0 Å². The predicted molar refractivity (Wildman–Crippen MR) is 114 cm³/mol. The number of piperazine rings is 1. The summed E-state index contributed by atoms with van der Waals surface area (Å²) in [5, 5.41) is 6.06. The summed E-state index contributed by atoms with van der Waals surface area (Å²) in [6.07, 6.45) is 2.89. The largest absolute Gasteiger partial charge is 0.472 e. The van der Waals surface area contributed by atoms with Crippen LogP contribution in [0.3, 0.4) is 0 Å². The molecule has 1 fully saturated rings. The van der Waals surface area contributed by atoms with Crippen molar-refractivity contribution in [1.82, 2.24) is 9.80 Å². The van der Waals surface area contributed by atoms with Crippen LogP contribution < -0.4 is 10.6 Å². The second-order valence-electron chi connectivity index (χ2n) is 6.71. The summed E-state index contributed by atoms with van der Waals surface area (Å²) >= 11 is 1.22. The van der Waals surface area contributed by atoms with Gasteiger partial charge in [0, 0.05) is 31.9 Å². The summed E-state index contributed by atoms with van der Waals surface area (Å²) in [5.41, 5.74) is 1.20. The molecule has 0 spiro atoms. The zero-order valence-corrected chi connectivity index (χ0v) is 16.9. The maximum absolute atomic E-state index is 12.8.